The van der Waals surface area contributed by atoms with Gasteiger partial charge in [0.1, 0.15) is 0 Å². The maximum absolute atomic E-state index is 11.1. The minimum Gasteiger partial charge on any atom is -0.334 e. The predicted molar refractivity (Wildman–Crippen MR) is 60.8 cm³/mol. The summed E-state index contributed by atoms with van der Waals surface area (Å²) in [5.74, 6) is 0. The second-order valence-electron chi connectivity index (χ2n) is 3.93. The molecule has 2 N–H and O–H groups in total. The van der Waals surface area contributed by atoms with Gasteiger partial charge in [0.25, 0.3) is 0 Å². The fourth-order valence-corrected chi connectivity index (χ4v) is 1.69. The average Bonchev–Trinajstić information content (AvgIpc) is 2.16. The summed E-state index contributed by atoms with van der Waals surface area (Å²) in [6.07, 6.45) is 0.858. The van der Waals surface area contributed by atoms with Crippen LogP contribution in [0.5, 0.6) is 0 Å². The highest BCUT2D eigenvalue weighted by Gasteiger charge is 2.13. The SMILES string of the molecule is C=C(C)Cc1ccc2c(c1)NC(=O)NC2. The number of benzene rings is 1. The van der Waals surface area contributed by atoms with Gasteiger partial charge in [0.05, 0.1) is 0 Å². The van der Waals surface area contributed by atoms with Gasteiger partial charge in [-0.15, -0.1) is 0 Å². The zero-order valence-corrected chi connectivity index (χ0v) is 8.76. The van der Waals surface area contributed by atoms with Crippen molar-refractivity contribution in [2.24, 2.45) is 0 Å². The van der Waals surface area contributed by atoms with E-state index in [4.69, 9.17) is 0 Å². The summed E-state index contributed by atoms with van der Waals surface area (Å²) < 4.78 is 0. The number of carbonyl (C=O) groups is 1. The molecule has 3 nitrogen and oxygen atoms in total. The molecule has 0 fully saturated rings. The summed E-state index contributed by atoms with van der Waals surface area (Å²) in [5.41, 5.74) is 4.34. The van der Waals surface area contributed by atoms with Crippen LogP contribution in [0.3, 0.4) is 0 Å². The van der Waals surface area contributed by atoms with Crippen LogP contribution in [-0.2, 0) is 13.0 Å². The number of hydrogen-bond acceptors (Lipinski definition) is 1. The molecule has 3 heteroatoms. The summed E-state index contributed by atoms with van der Waals surface area (Å²) in [6.45, 7) is 6.48. The second kappa shape index (κ2) is 3.77. The standard InChI is InChI=1S/C12H14N2O/c1-8(2)5-9-3-4-10-7-13-12(15)14-11(10)6-9/h3-4,6H,1,5,7H2,2H3,(H2,13,14,15). The number of carbonyl (C=O) groups excluding carboxylic acids is 1. The Morgan fingerprint density at radius 1 is 1.53 bits per heavy atom. The number of nitrogens with one attached hydrogen (secondary N) is 2. The first-order chi connectivity index (χ1) is 7.15. The van der Waals surface area contributed by atoms with Crippen LogP contribution in [0.25, 0.3) is 0 Å². The van der Waals surface area contributed by atoms with Crippen molar-refractivity contribution in [1.82, 2.24) is 5.32 Å². The van der Waals surface area contributed by atoms with Crippen molar-refractivity contribution < 1.29 is 4.79 Å². The zero-order chi connectivity index (χ0) is 10.8. The van der Waals surface area contributed by atoms with Gasteiger partial charge in [0.15, 0.2) is 0 Å². The molecule has 0 radical (unpaired) electrons. The van der Waals surface area contributed by atoms with Gasteiger partial charge in [0.2, 0.25) is 0 Å². The normalized spacial score (nSPS) is 13.8. The van der Waals surface area contributed by atoms with Crippen LogP contribution < -0.4 is 10.6 Å². The minimum absolute atomic E-state index is 0.130. The van der Waals surface area contributed by atoms with Crippen LogP contribution >= 0.6 is 0 Å². The first-order valence-corrected chi connectivity index (χ1v) is 4.96. The predicted octanol–water partition coefficient (Wildman–Crippen LogP) is 2.44. The lowest BCUT2D eigenvalue weighted by Gasteiger charge is -2.19. The quantitative estimate of drug-likeness (QED) is 0.710. The van der Waals surface area contributed by atoms with E-state index in [0.717, 1.165) is 23.2 Å². The van der Waals surface area contributed by atoms with Gasteiger partial charge >= 0.3 is 6.03 Å². The average molecular weight is 202 g/mol. The Morgan fingerprint density at radius 2 is 2.33 bits per heavy atom. The van der Waals surface area contributed by atoms with Crippen molar-refractivity contribution in [3.8, 4) is 0 Å². The van der Waals surface area contributed by atoms with E-state index in [0.29, 0.717) is 6.54 Å². The molecule has 1 aliphatic rings. The Labute approximate surface area is 89.2 Å². The summed E-state index contributed by atoms with van der Waals surface area (Å²) in [5, 5.41) is 5.52. The largest absolute Gasteiger partial charge is 0.334 e. The van der Waals surface area contributed by atoms with Crippen molar-refractivity contribution in [2.75, 3.05) is 5.32 Å². The first-order valence-electron chi connectivity index (χ1n) is 4.96. The van der Waals surface area contributed by atoms with E-state index in [1.807, 2.05) is 19.1 Å². The Kier molecular flexibility index (Phi) is 2.46. The number of anilines is 1. The lowest BCUT2D eigenvalue weighted by molar-refractivity contribution is 0.251. The topological polar surface area (TPSA) is 41.1 Å². The Balaban J connectivity index is 2.28. The summed E-state index contributed by atoms with van der Waals surface area (Å²) >= 11 is 0. The third-order valence-electron chi connectivity index (χ3n) is 2.37. The molecule has 0 unspecified atom stereocenters. The fourth-order valence-electron chi connectivity index (χ4n) is 1.69. The van der Waals surface area contributed by atoms with Gasteiger partial charge in [-0.25, -0.2) is 4.79 Å². The molecule has 0 atom stereocenters. The van der Waals surface area contributed by atoms with Crippen LogP contribution in [0.1, 0.15) is 18.1 Å². The van der Waals surface area contributed by atoms with Gasteiger partial charge in [-0.1, -0.05) is 24.3 Å². The number of allylic oxidation sites excluding steroid dienone is 1. The van der Waals surface area contributed by atoms with Gasteiger partial charge in [0, 0.05) is 12.2 Å². The molecule has 1 heterocycles. The second-order valence-corrected chi connectivity index (χ2v) is 3.93. The summed E-state index contributed by atoms with van der Waals surface area (Å²) in [4.78, 5) is 11.1. The highest BCUT2D eigenvalue weighted by atomic mass is 16.2. The van der Waals surface area contributed by atoms with E-state index < -0.39 is 0 Å². The zero-order valence-electron chi connectivity index (χ0n) is 8.76. The number of amides is 2. The first kappa shape index (κ1) is 9.77. The lowest BCUT2D eigenvalue weighted by atomic mass is 10.0. The van der Waals surface area contributed by atoms with E-state index in [-0.39, 0.29) is 6.03 Å². The number of urea groups is 1. The van der Waals surface area contributed by atoms with Gasteiger partial charge < -0.3 is 10.6 Å². The van der Waals surface area contributed by atoms with Crippen LogP contribution in [0.4, 0.5) is 10.5 Å². The smallest absolute Gasteiger partial charge is 0.319 e. The molecule has 1 aromatic rings. The molecular weight excluding hydrogens is 188 g/mol. The lowest BCUT2D eigenvalue weighted by Crippen LogP contribution is -2.33. The van der Waals surface area contributed by atoms with Crippen LogP contribution in [0.15, 0.2) is 30.4 Å². The molecule has 1 aromatic carbocycles. The number of rotatable bonds is 2. The highest BCUT2D eigenvalue weighted by Crippen LogP contribution is 2.21. The van der Waals surface area contributed by atoms with E-state index >= 15 is 0 Å². The Morgan fingerprint density at radius 3 is 3.07 bits per heavy atom. The van der Waals surface area contributed by atoms with Gasteiger partial charge in [-0.3, -0.25) is 0 Å². The molecule has 0 saturated heterocycles. The highest BCUT2D eigenvalue weighted by molar-refractivity contribution is 5.92. The van der Waals surface area contributed by atoms with E-state index in [1.54, 1.807) is 0 Å². The third kappa shape index (κ3) is 2.18. The minimum atomic E-state index is -0.130. The summed E-state index contributed by atoms with van der Waals surface area (Å²) in [7, 11) is 0. The fraction of sp³-hybridized carbons (Fsp3) is 0.250. The Hall–Kier alpha value is -1.77. The van der Waals surface area contributed by atoms with Crippen molar-refractivity contribution >= 4 is 11.7 Å². The third-order valence-corrected chi connectivity index (χ3v) is 2.37. The summed E-state index contributed by atoms with van der Waals surface area (Å²) in [6, 6.07) is 6.00. The Bertz CT molecular complexity index is 424. The molecule has 15 heavy (non-hydrogen) atoms. The van der Waals surface area contributed by atoms with Gasteiger partial charge in [-0.2, -0.15) is 0 Å². The molecule has 1 aliphatic heterocycles. The van der Waals surface area contributed by atoms with Crippen LogP contribution in [0, 0.1) is 0 Å². The molecule has 78 valence electrons. The van der Waals surface area contributed by atoms with E-state index in [9.17, 15) is 4.79 Å². The van der Waals surface area contributed by atoms with Crippen molar-refractivity contribution in [3.63, 3.8) is 0 Å². The number of hydrogen-bond donors (Lipinski definition) is 2. The molecule has 0 bridgehead atoms. The number of fused-ring (bicyclic) bond motifs is 1. The maximum atomic E-state index is 11.1. The van der Waals surface area contributed by atoms with Gasteiger partial charge in [-0.05, 0) is 30.5 Å². The monoisotopic (exact) mass is 202 g/mol. The maximum Gasteiger partial charge on any atom is 0.319 e. The van der Waals surface area contributed by atoms with Crippen LogP contribution in [-0.4, -0.2) is 6.03 Å². The van der Waals surface area contributed by atoms with Crippen molar-refractivity contribution in [1.29, 1.82) is 0 Å². The van der Waals surface area contributed by atoms with Crippen LogP contribution in [0.2, 0.25) is 0 Å². The molecule has 0 aliphatic carbocycles. The van der Waals surface area contributed by atoms with Crippen molar-refractivity contribution in [3.05, 3.63) is 41.5 Å². The molecule has 0 saturated carbocycles. The van der Waals surface area contributed by atoms with Crippen molar-refractivity contribution in [2.45, 2.75) is 19.9 Å². The molecule has 0 aromatic heterocycles. The molecule has 2 amide bonds. The molecule has 0 spiro atoms. The van der Waals surface area contributed by atoms with E-state index in [1.165, 1.54) is 5.56 Å². The molecular formula is C12H14N2O. The van der Waals surface area contributed by atoms with E-state index in [2.05, 4.69) is 23.3 Å². The molecule has 2 rings (SSSR count).